The highest BCUT2D eigenvalue weighted by Gasteiger charge is 2.32. The van der Waals surface area contributed by atoms with E-state index in [0.717, 1.165) is 0 Å². The van der Waals surface area contributed by atoms with Crippen LogP contribution in [-0.2, 0) is 19.2 Å². The van der Waals surface area contributed by atoms with Gasteiger partial charge in [-0.1, -0.05) is 34.1 Å². The third-order valence-electron chi connectivity index (χ3n) is 4.90. The molecule has 0 aromatic carbocycles. The Morgan fingerprint density at radius 3 is 2.06 bits per heavy atom. The number of amides is 3. The second-order valence-electron chi connectivity index (χ2n) is 8.17. The first-order chi connectivity index (χ1) is 14.9. The van der Waals surface area contributed by atoms with Gasteiger partial charge in [-0.3, -0.25) is 19.4 Å². The maximum absolute atomic E-state index is 12.9. The predicted molar refractivity (Wildman–Crippen MR) is 121 cm³/mol. The average molecular weight is 458 g/mol. The molecule has 0 fully saturated rings. The fourth-order valence-corrected chi connectivity index (χ4v) is 2.94. The van der Waals surface area contributed by atoms with Gasteiger partial charge in [-0.15, -0.1) is 0 Å². The van der Waals surface area contributed by atoms with E-state index in [2.05, 4.69) is 20.9 Å². The van der Waals surface area contributed by atoms with Crippen molar-refractivity contribution in [2.24, 2.45) is 34.0 Å². The monoisotopic (exact) mass is 457 g/mol. The Morgan fingerprint density at radius 2 is 1.59 bits per heavy atom. The zero-order chi connectivity index (χ0) is 24.8. The summed E-state index contributed by atoms with van der Waals surface area (Å²) < 4.78 is 0. The Hall–Kier alpha value is -2.89. The highest BCUT2D eigenvalue weighted by Crippen LogP contribution is 2.12. The molecule has 184 valence electrons. The van der Waals surface area contributed by atoms with Crippen LogP contribution >= 0.6 is 0 Å². The van der Waals surface area contributed by atoms with Gasteiger partial charge in [0.05, 0.1) is 6.54 Å². The number of hydrogen-bond donors (Lipinski definition) is 7. The van der Waals surface area contributed by atoms with Crippen LogP contribution in [0.4, 0.5) is 0 Å². The number of guanidine groups is 1. The van der Waals surface area contributed by atoms with Gasteiger partial charge in [-0.25, -0.2) is 4.79 Å². The molecule has 0 aliphatic rings. The molecule has 32 heavy (non-hydrogen) atoms. The normalized spacial score (nSPS) is 14.6. The summed E-state index contributed by atoms with van der Waals surface area (Å²) in [4.78, 5) is 52.9. The Kier molecular flexibility index (Phi) is 13.6. The summed E-state index contributed by atoms with van der Waals surface area (Å²) in [6.45, 7) is 7.28. The molecule has 0 aliphatic heterocycles. The molecule has 0 bridgehead atoms. The lowest BCUT2D eigenvalue weighted by Crippen LogP contribution is -2.58. The number of carbonyl (C=O) groups is 4. The van der Waals surface area contributed by atoms with E-state index in [1.165, 1.54) is 0 Å². The molecule has 0 spiro atoms. The van der Waals surface area contributed by atoms with Gasteiger partial charge in [-0.2, -0.15) is 0 Å². The molecule has 0 saturated heterocycles. The van der Waals surface area contributed by atoms with Gasteiger partial charge < -0.3 is 38.3 Å². The van der Waals surface area contributed by atoms with Gasteiger partial charge in [0.25, 0.3) is 0 Å². The lowest BCUT2D eigenvalue weighted by atomic mass is 9.96. The molecule has 0 heterocycles. The molecule has 0 rings (SSSR count). The zero-order valence-electron chi connectivity index (χ0n) is 19.4. The molecule has 0 aliphatic carbocycles. The molecule has 12 nitrogen and oxygen atoms in total. The number of nitrogens with one attached hydrogen (secondary N) is 3. The van der Waals surface area contributed by atoms with Crippen molar-refractivity contribution in [1.82, 2.24) is 16.0 Å². The minimum atomic E-state index is -1.14. The van der Waals surface area contributed by atoms with Crippen molar-refractivity contribution >= 4 is 29.7 Å². The van der Waals surface area contributed by atoms with E-state index in [4.69, 9.17) is 17.2 Å². The Morgan fingerprint density at radius 1 is 0.969 bits per heavy atom. The van der Waals surface area contributed by atoms with E-state index in [1.54, 1.807) is 6.92 Å². The lowest BCUT2D eigenvalue weighted by Gasteiger charge is -2.28. The minimum absolute atomic E-state index is 0.0501. The highest BCUT2D eigenvalue weighted by molar-refractivity contribution is 5.93. The Bertz CT molecular complexity index is 665. The van der Waals surface area contributed by atoms with Gasteiger partial charge in [-0.05, 0) is 31.1 Å². The van der Waals surface area contributed by atoms with Crippen molar-refractivity contribution in [2.45, 2.75) is 71.5 Å². The van der Waals surface area contributed by atoms with Crippen molar-refractivity contribution in [3.8, 4) is 0 Å². The van der Waals surface area contributed by atoms with E-state index in [9.17, 15) is 24.3 Å². The molecule has 3 amide bonds. The van der Waals surface area contributed by atoms with Crippen LogP contribution in [0.5, 0.6) is 0 Å². The van der Waals surface area contributed by atoms with E-state index < -0.39 is 41.8 Å². The second kappa shape index (κ2) is 15.0. The summed E-state index contributed by atoms with van der Waals surface area (Å²) in [7, 11) is 0. The number of aliphatic imine (C=N–C) groups is 1. The molecule has 0 aromatic heterocycles. The Labute approximate surface area is 189 Å². The fourth-order valence-electron chi connectivity index (χ4n) is 2.94. The van der Waals surface area contributed by atoms with Gasteiger partial charge in [0.2, 0.25) is 17.7 Å². The third-order valence-corrected chi connectivity index (χ3v) is 4.90. The number of aliphatic carboxylic acids is 1. The number of hydrogen-bond acceptors (Lipinski definition) is 6. The van der Waals surface area contributed by atoms with Crippen LogP contribution in [0, 0.1) is 11.8 Å². The first-order valence-corrected chi connectivity index (χ1v) is 10.8. The van der Waals surface area contributed by atoms with Crippen molar-refractivity contribution in [1.29, 1.82) is 0 Å². The van der Waals surface area contributed by atoms with Crippen LogP contribution in [0.25, 0.3) is 0 Å². The third kappa shape index (κ3) is 11.5. The van der Waals surface area contributed by atoms with Gasteiger partial charge in [0.15, 0.2) is 5.96 Å². The van der Waals surface area contributed by atoms with Crippen molar-refractivity contribution in [3.05, 3.63) is 0 Å². The first kappa shape index (κ1) is 29.1. The van der Waals surface area contributed by atoms with E-state index in [1.807, 2.05) is 20.8 Å². The summed E-state index contributed by atoms with van der Waals surface area (Å²) in [5.74, 6) is -3.15. The van der Waals surface area contributed by atoms with Crippen LogP contribution < -0.4 is 33.2 Å². The van der Waals surface area contributed by atoms with Crippen molar-refractivity contribution < 1.29 is 24.3 Å². The zero-order valence-corrected chi connectivity index (χ0v) is 19.4. The fraction of sp³-hybridized carbons (Fsp3) is 0.750. The van der Waals surface area contributed by atoms with Crippen molar-refractivity contribution in [3.63, 3.8) is 0 Å². The largest absolute Gasteiger partial charge is 0.480 e. The lowest BCUT2D eigenvalue weighted by molar-refractivity contribution is -0.143. The number of nitrogens with zero attached hydrogens (tertiary/aromatic N) is 1. The number of carboxylic acid groups (broad SMARTS) is 1. The molecule has 0 saturated carbocycles. The summed E-state index contributed by atoms with van der Waals surface area (Å²) in [5, 5.41) is 17.1. The van der Waals surface area contributed by atoms with Crippen LogP contribution in [0.3, 0.4) is 0 Å². The Balaban J connectivity index is 5.43. The first-order valence-electron chi connectivity index (χ1n) is 10.8. The van der Waals surface area contributed by atoms with Crippen LogP contribution in [0.1, 0.15) is 53.4 Å². The molecule has 12 heteroatoms. The number of nitrogens with two attached hydrogens (primary N) is 3. The number of carboxylic acids is 1. The molecule has 0 radical (unpaired) electrons. The highest BCUT2D eigenvalue weighted by atomic mass is 16.4. The quantitative estimate of drug-likeness (QED) is 0.0882. The van der Waals surface area contributed by atoms with Crippen LogP contribution in [-0.4, -0.2) is 66.0 Å². The van der Waals surface area contributed by atoms with Crippen LogP contribution in [0.15, 0.2) is 4.99 Å². The van der Waals surface area contributed by atoms with Gasteiger partial charge in [0.1, 0.15) is 18.1 Å². The predicted octanol–water partition coefficient (Wildman–Crippen LogP) is -1.37. The smallest absolute Gasteiger partial charge is 0.326 e. The molecule has 10 N–H and O–H groups in total. The molecule has 0 aromatic rings. The maximum atomic E-state index is 12.9. The maximum Gasteiger partial charge on any atom is 0.326 e. The molecule has 4 unspecified atom stereocenters. The molecular formula is C20H39N7O5. The van der Waals surface area contributed by atoms with Crippen LogP contribution in [0.2, 0.25) is 0 Å². The SMILES string of the molecule is CCC(C)C(NC(=O)C(CCCN=C(N)N)NC(=O)CN)C(=O)NC(CC(C)C)C(=O)O. The summed E-state index contributed by atoms with van der Waals surface area (Å²) in [6.07, 6.45) is 1.43. The summed E-state index contributed by atoms with van der Waals surface area (Å²) in [6, 6.07) is -3.00. The average Bonchev–Trinajstić information content (AvgIpc) is 2.71. The van der Waals surface area contributed by atoms with Gasteiger partial charge in [0, 0.05) is 6.54 Å². The summed E-state index contributed by atoms with van der Waals surface area (Å²) in [5.41, 5.74) is 15.9. The van der Waals surface area contributed by atoms with E-state index >= 15 is 0 Å². The number of carbonyl (C=O) groups excluding carboxylic acids is 3. The number of rotatable bonds is 15. The molecular weight excluding hydrogens is 418 g/mol. The molecule has 4 atom stereocenters. The second-order valence-corrected chi connectivity index (χ2v) is 8.17. The minimum Gasteiger partial charge on any atom is -0.480 e. The van der Waals surface area contributed by atoms with Gasteiger partial charge >= 0.3 is 5.97 Å². The van der Waals surface area contributed by atoms with Crippen molar-refractivity contribution in [2.75, 3.05) is 13.1 Å². The van der Waals surface area contributed by atoms with E-state index in [-0.39, 0.29) is 43.7 Å². The van der Waals surface area contributed by atoms with E-state index in [0.29, 0.717) is 12.8 Å². The standard InChI is InChI=1S/C20H39N7O5/c1-5-12(4)16(18(30)26-14(19(31)32)9-11(2)3)27-17(29)13(25-15(28)10-21)7-6-8-24-20(22)23/h11-14,16H,5-10,21H2,1-4H3,(H,25,28)(H,26,30)(H,27,29)(H,31,32)(H4,22,23,24). The summed E-state index contributed by atoms with van der Waals surface area (Å²) >= 11 is 0. The topological polar surface area (TPSA) is 215 Å².